The summed E-state index contributed by atoms with van der Waals surface area (Å²) in [4.78, 5) is 10.4. The SMILES string of the molecule is N#CCC#Cc1ccc(C=O)cc1Cl. The van der Waals surface area contributed by atoms with Crippen LogP contribution in [0.15, 0.2) is 18.2 Å². The van der Waals surface area contributed by atoms with Crippen LogP contribution in [0, 0.1) is 23.2 Å². The summed E-state index contributed by atoms with van der Waals surface area (Å²) >= 11 is 5.84. The zero-order valence-electron chi connectivity index (χ0n) is 7.25. The van der Waals surface area contributed by atoms with Crippen molar-refractivity contribution < 1.29 is 4.79 Å². The van der Waals surface area contributed by atoms with E-state index >= 15 is 0 Å². The normalized spacial score (nSPS) is 8.29. The molecule has 0 saturated carbocycles. The van der Waals surface area contributed by atoms with Crippen LogP contribution in [-0.2, 0) is 0 Å². The van der Waals surface area contributed by atoms with Crippen molar-refractivity contribution in [3.05, 3.63) is 34.3 Å². The molecule has 0 bridgehead atoms. The summed E-state index contributed by atoms with van der Waals surface area (Å²) < 4.78 is 0. The number of rotatable bonds is 1. The van der Waals surface area contributed by atoms with Crippen molar-refractivity contribution in [2.75, 3.05) is 0 Å². The number of nitrogens with zero attached hydrogens (tertiary/aromatic N) is 1. The smallest absolute Gasteiger partial charge is 0.150 e. The molecular formula is C11H6ClNO. The van der Waals surface area contributed by atoms with E-state index in [0.29, 0.717) is 16.1 Å². The van der Waals surface area contributed by atoms with Gasteiger partial charge in [0, 0.05) is 11.1 Å². The van der Waals surface area contributed by atoms with Crippen LogP contribution in [0.25, 0.3) is 0 Å². The average Bonchev–Trinajstić information content (AvgIpc) is 2.20. The number of halogens is 1. The summed E-state index contributed by atoms with van der Waals surface area (Å²) in [5.74, 6) is 5.39. The van der Waals surface area contributed by atoms with E-state index in [0.717, 1.165) is 6.29 Å². The van der Waals surface area contributed by atoms with Crippen LogP contribution >= 0.6 is 11.6 Å². The molecule has 68 valence electrons. The van der Waals surface area contributed by atoms with Crippen molar-refractivity contribution >= 4 is 17.9 Å². The lowest BCUT2D eigenvalue weighted by Crippen LogP contribution is -1.82. The molecule has 1 aromatic rings. The van der Waals surface area contributed by atoms with Crippen LogP contribution in [0.2, 0.25) is 5.02 Å². The number of hydrogen-bond acceptors (Lipinski definition) is 2. The van der Waals surface area contributed by atoms with Crippen LogP contribution in [0.5, 0.6) is 0 Å². The molecular weight excluding hydrogens is 198 g/mol. The topological polar surface area (TPSA) is 40.9 Å². The molecule has 3 heteroatoms. The molecule has 0 N–H and O–H groups in total. The molecule has 0 atom stereocenters. The van der Waals surface area contributed by atoms with Crippen molar-refractivity contribution in [1.29, 1.82) is 5.26 Å². The van der Waals surface area contributed by atoms with Gasteiger partial charge in [-0.05, 0) is 12.1 Å². The maximum Gasteiger partial charge on any atom is 0.150 e. The lowest BCUT2D eigenvalue weighted by Gasteiger charge is -1.95. The number of aldehydes is 1. The highest BCUT2D eigenvalue weighted by molar-refractivity contribution is 6.32. The zero-order chi connectivity index (χ0) is 10.4. The summed E-state index contributed by atoms with van der Waals surface area (Å²) in [5, 5.41) is 8.69. The minimum absolute atomic E-state index is 0.172. The van der Waals surface area contributed by atoms with Gasteiger partial charge in [-0.25, -0.2) is 0 Å². The minimum Gasteiger partial charge on any atom is -0.298 e. The molecule has 0 unspecified atom stereocenters. The Kier molecular flexibility index (Phi) is 3.73. The first-order valence-corrected chi connectivity index (χ1v) is 4.26. The predicted molar refractivity (Wildman–Crippen MR) is 53.9 cm³/mol. The van der Waals surface area contributed by atoms with Gasteiger partial charge in [0.25, 0.3) is 0 Å². The maximum atomic E-state index is 10.4. The highest BCUT2D eigenvalue weighted by Crippen LogP contribution is 2.15. The molecule has 0 amide bonds. The number of carbonyl (C=O) groups excluding carboxylic acids is 1. The van der Waals surface area contributed by atoms with E-state index in [4.69, 9.17) is 16.9 Å². The van der Waals surface area contributed by atoms with E-state index in [-0.39, 0.29) is 6.42 Å². The van der Waals surface area contributed by atoms with Crippen molar-refractivity contribution in [3.8, 4) is 17.9 Å². The lowest BCUT2D eigenvalue weighted by molar-refractivity contribution is 0.112. The molecule has 2 nitrogen and oxygen atoms in total. The van der Waals surface area contributed by atoms with Gasteiger partial charge in [0.05, 0.1) is 17.5 Å². The fourth-order valence-electron chi connectivity index (χ4n) is 0.885. The molecule has 0 aliphatic rings. The van der Waals surface area contributed by atoms with E-state index in [9.17, 15) is 4.79 Å². The molecule has 0 aliphatic heterocycles. The third kappa shape index (κ3) is 2.62. The first kappa shape index (κ1) is 10.3. The van der Waals surface area contributed by atoms with Gasteiger partial charge in [0.15, 0.2) is 0 Å². The van der Waals surface area contributed by atoms with Gasteiger partial charge in [-0.3, -0.25) is 4.79 Å². The van der Waals surface area contributed by atoms with E-state index in [1.165, 1.54) is 0 Å². The number of nitriles is 1. The summed E-state index contributed by atoms with van der Waals surface area (Å²) in [6.07, 6.45) is 0.893. The monoisotopic (exact) mass is 203 g/mol. The largest absolute Gasteiger partial charge is 0.298 e. The Labute approximate surface area is 87.1 Å². The Morgan fingerprint density at radius 1 is 1.50 bits per heavy atom. The molecule has 0 saturated heterocycles. The standard InChI is InChI=1S/C11H6ClNO/c12-11-7-9(8-14)4-5-10(11)3-1-2-6-13/h4-5,7-8H,2H2. The number of carbonyl (C=O) groups is 1. The molecule has 0 heterocycles. The van der Waals surface area contributed by atoms with Gasteiger partial charge in [0.1, 0.15) is 6.29 Å². The number of benzene rings is 1. The van der Waals surface area contributed by atoms with Gasteiger partial charge in [-0.2, -0.15) is 5.26 Å². The maximum absolute atomic E-state index is 10.4. The second-order valence-corrected chi connectivity index (χ2v) is 2.90. The van der Waals surface area contributed by atoms with Crippen LogP contribution < -0.4 is 0 Å². The molecule has 0 fully saturated rings. The first-order valence-electron chi connectivity index (χ1n) is 3.88. The van der Waals surface area contributed by atoms with Gasteiger partial charge in [-0.1, -0.05) is 29.5 Å². The quantitative estimate of drug-likeness (QED) is 0.520. The van der Waals surface area contributed by atoms with Gasteiger partial charge >= 0.3 is 0 Å². The minimum atomic E-state index is 0.172. The summed E-state index contributed by atoms with van der Waals surface area (Å²) in [6.45, 7) is 0. The third-order valence-corrected chi connectivity index (χ3v) is 1.83. The zero-order valence-corrected chi connectivity index (χ0v) is 8.01. The first-order chi connectivity index (χ1) is 6.77. The van der Waals surface area contributed by atoms with Crippen LogP contribution in [-0.4, -0.2) is 6.29 Å². The average molecular weight is 204 g/mol. The summed E-state index contributed by atoms with van der Waals surface area (Å²) in [6, 6.07) is 6.75. The molecule has 1 rings (SSSR count). The van der Waals surface area contributed by atoms with E-state index in [1.807, 2.05) is 6.07 Å². The van der Waals surface area contributed by atoms with Gasteiger partial charge < -0.3 is 0 Å². The van der Waals surface area contributed by atoms with Gasteiger partial charge in [-0.15, -0.1) is 0 Å². The Morgan fingerprint density at radius 2 is 2.29 bits per heavy atom. The van der Waals surface area contributed by atoms with E-state index < -0.39 is 0 Å². The third-order valence-electron chi connectivity index (χ3n) is 1.52. The molecule has 1 aromatic carbocycles. The second kappa shape index (κ2) is 5.07. The highest BCUT2D eigenvalue weighted by atomic mass is 35.5. The Balaban J connectivity index is 2.97. The molecule has 0 aromatic heterocycles. The van der Waals surface area contributed by atoms with Gasteiger partial charge in [0.2, 0.25) is 0 Å². The van der Waals surface area contributed by atoms with Crippen LogP contribution in [0.4, 0.5) is 0 Å². The van der Waals surface area contributed by atoms with Crippen LogP contribution in [0.1, 0.15) is 22.3 Å². The van der Waals surface area contributed by atoms with Crippen molar-refractivity contribution in [2.24, 2.45) is 0 Å². The van der Waals surface area contributed by atoms with E-state index in [2.05, 4.69) is 11.8 Å². The second-order valence-electron chi connectivity index (χ2n) is 2.49. The molecule has 0 radical (unpaired) electrons. The number of hydrogen-bond donors (Lipinski definition) is 0. The molecule has 14 heavy (non-hydrogen) atoms. The predicted octanol–water partition coefficient (Wildman–Crippen LogP) is 2.42. The van der Waals surface area contributed by atoms with Crippen LogP contribution in [0.3, 0.4) is 0 Å². The molecule has 0 aliphatic carbocycles. The van der Waals surface area contributed by atoms with Crippen molar-refractivity contribution in [2.45, 2.75) is 6.42 Å². The molecule has 0 spiro atoms. The fourth-order valence-corrected chi connectivity index (χ4v) is 1.12. The summed E-state index contributed by atoms with van der Waals surface area (Å²) in [5.41, 5.74) is 1.15. The Morgan fingerprint density at radius 3 is 2.86 bits per heavy atom. The Bertz CT molecular complexity index is 449. The fraction of sp³-hybridized carbons (Fsp3) is 0.0909. The highest BCUT2D eigenvalue weighted by Gasteiger charge is 1.97. The lowest BCUT2D eigenvalue weighted by atomic mass is 10.1. The summed E-state index contributed by atoms with van der Waals surface area (Å²) in [7, 11) is 0. The van der Waals surface area contributed by atoms with Crippen molar-refractivity contribution in [1.82, 2.24) is 0 Å². The van der Waals surface area contributed by atoms with Crippen molar-refractivity contribution in [3.63, 3.8) is 0 Å². The Hall–Kier alpha value is -1.77. The van der Waals surface area contributed by atoms with E-state index in [1.54, 1.807) is 18.2 Å².